The second-order valence-corrected chi connectivity index (χ2v) is 5.35. The Bertz CT molecular complexity index is 376. The molecule has 1 aromatic heterocycles. The summed E-state index contributed by atoms with van der Waals surface area (Å²) >= 11 is 0. The molecule has 1 aromatic rings. The van der Waals surface area contributed by atoms with E-state index in [1.54, 1.807) is 13.0 Å². The summed E-state index contributed by atoms with van der Waals surface area (Å²) in [5, 5.41) is 11.9. The van der Waals surface area contributed by atoms with Crippen molar-refractivity contribution < 1.29 is 14.3 Å². The highest BCUT2D eigenvalue weighted by molar-refractivity contribution is 5.94. The topological polar surface area (TPSA) is 62.5 Å². The number of hydrogen-bond acceptors (Lipinski definition) is 3. The lowest BCUT2D eigenvalue weighted by atomic mass is 9.85. The van der Waals surface area contributed by atoms with E-state index in [0.717, 1.165) is 0 Å². The highest BCUT2D eigenvalue weighted by Crippen LogP contribution is 2.22. The van der Waals surface area contributed by atoms with Crippen molar-refractivity contribution in [1.82, 2.24) is 5.32 Å². The summed E-state index contributed by atoms with van der Waals surface area (Å²) in [6.45, 7) is 7.97. The van der Waals surface area contributed by atoms with E-state index in [1.807, 2.05) is 20.8 Å². The van der Waals surface area contributed by atoms with Gasteiger partial charge < -0.3 is 14.8 Å². The molecule has 0 aliphatic carbocycles. The van der Waals surface area contributed by atoms with Crippen molar-refractivity contribution in [1.29, 1.82) is 0 Å². The lowest BCUT2D eigenvalue weighted by molar-refractivity contribution is 0.0884. The number of amides is 1. The number of aliphatic hydroxyl groups excluding tert-OH is 1. The van der Waals surface area contributed by atoms with Crippen LogP contribution in [0.5, 0.6) is 0 Å². The average molecular weight is 239 g/mol. The summed E-state index contributed by atoms with van der Waals surface area (Å²) < 4.78 is 5.10. The van der Waals surface area contributed by atoms with Crippen molar-refractivity contribution in [2.45, 2.75) is 40.2 Å². The van der Waals surface area contributed by atoms with Crippen LogP contribution in [0.3, 0.4) is 0 Å². The molecule has 2 N–H and O–H groups in total. The Balaban J connectivity index is 2.71. The smallest absolute Gasteiger partial charge is 0.254 e. The van der Waals surface area contributed by atoms with Gasteiger partial charge in [0.05, 0.1) is 5.56 Å². The van der Waals surface area contributed by atoms with Crippen molar-refractivity contribution in [3.63, 3.8) is 0 Å². The molecule has 0 spiro atoms. The van der Waals surface area contributed by atoms with Gasteiger partial charge in [-0.05, 0) is 24.8 Å². The first-order valence-electron chi connectivity index (χ1n) is 5.81. The van der Waals surface area contributed by atoms with Gasteiger partial charge in [-0.2, -0.15) is 0 Å². The normalized spacial score (nSPS) is 13.5. The Labute approximate surface area is 102 Å². The highest BCUT2D eigenvalue weighted by atomic mass is 16.3. The maximum Gasteiger partial charge on any atom is 0.254 e. The maximum absolute atomic E-state index is 11.9. The third-order valence-electron chi connectivity index (χ3n) is 2.76. The van der Waals surface area contributed by atoms with Crippen LogP contribution in [-0.2, 0) is 0 Å². The van der Waals surface area contributed by atoms with Gasteiger partial charge >= 0.3 is 0 Å². The largest absolute Gasteiger partial charge is 0.469 e. The van der Waals surface area contributed by atoms with E-state index in [2.05, 4.69) is 5.32 Å². The maximum atomic E-state index is 11.9. The van der Waals surface area contributed by atoms with E-state index >= 15 is 0 Å². The number of nitrogens with one attached hydrogen (secondary N) is 1. The van der Waals surface area contributed by atoms with E-state index in [1.165, 1.54) is 6.26 Å². The molecule has 0 aliphatic heterocycles. The standard InChI is InChI=1S/C13H21NO3/c1-9-7-10(8-17-9)12(16)14-11(5-6-15)13(2,3)4/h7-8,11,15H,5-6H2,1-4H3,(H,14,16). The van der Waals surface area contributed by atoms with E-state index in [-0.39, 0.29) is 24.0 Å². The van der Waals surface area contributed by atoms with Gasteiger partial charge in [0.1, 0.15) is 12.0 Å². The monoisotopic (exact) mass is 239 g/mol. The molecule has 0 radical (unpaired) electrons. The molecule has 1 amide bonds. The molecule has 0 aromatic carbocycles. The summed E-state index contributed by atoms with van der Waals surface area (Å²) in [5.74, 6) is 0.555. The molecule has 17 heavy (non-hydrogen) atoms. The van der Waals surface area contributed by atoms with Gasteiger partial charge in [-0.15, -0.1) is 0 Å². The summed E-state index contributed by atoms with van der Waals surface area (Å²) in [6.07, 6.45) is 2.00. The SMILES string of the molecule is Cc1cc(C(=O)NC(CCO)C(C)(C)C)co1. The lowest BCUT2D eigenvalue weighted by Crippen LogP contribution is -2.44. The number of rotatable bonds is 4. The fraction of sp³-hybridized carbons (Fsp3) is 0.615. The van der Waals surface area contributed by atoms with E-state index in [0.29, 0.717) is 17.7 Å². The quantitative estimate of drug-likeness (QED) is 0.846. The molecule has 1 unspecified atom stereocenters. The molecule has 0 bridgehead atoms. The van der Waals surface area contributed by atoms with Crippen molar-refractivity contribution >= 4 is 5.91 Å². The van der Waals surface area contributed by atoms with Gasteiger partial charge in [-0.1, -0.05) is 20.8 Å². The molecule has 0 fully saturated rings. The molecule has 4 heteroatoms. The fourth-order valence-corrected chi connectivity index (χ4v) is 1.65. The zero-order valence-electron chi connectivity index (χ0n) is 10.9. The van der Waals surface area contributed by atoms with Crippen LogP contribution in [0.1, 0.15) is 43.3 Å². The molecular weight excluding hydrogens is 218 g/mol. The minimum atomic E-state index is -0.157. The van der Waals surface area contributed by atoms with Gasteiger partial charge in [0, 0.05) is 12.6 Å². The minimum Gasteiger partial charge on any atom is -0.469 e. The van der Waals surface area contributed by atoms with Crippen LogP contribution in [0.4, 0.5) is 0 Å². The molecule has 0 aliphatic rings. The van der Waals surface area contributed by atoms with E-state index in [9.17, 15) is 4.79 Å². The van der Waals surface area contributed by atoms with Crippen molar-refractivity contribution in [3.05, 3.63) is 23.7 Å². The van der Waals surface area contributed by atoms with E-state index in [4.69, 9.17) is 9.52 Å². The molecule has 0 saturated heterocycles. The first-order valence-corrected chi connectivity index (χ1v) is 5.81. The van der Waals surface area contributed by atoms with Crippen LogP contribution in [0.2, 0.25) is 0 Å². The number of carbonyl (C=O) groups excluding carboxylic acids is 1. The number of furan rings is 1. The number of aryl methyl sites for hydroxylation is 1. The number of carbonyl (C=O) groups is 1. The summed E-state index contributed by atoms with van der Waals surface area (Å²) in [7, 11) is 0. The van der Waals surface area contributed by atoms with Gasteiger partial charge in [-0.25, -0.2) is 0 Å². The summed E-state index contributed by atoms with van der Waals surface area (Å²) in [5.41, 5.74) is 0.437. The second-order valence-electron chi connectivity index (χ2n) is 5.35. The molecule has 1 rings (SSSR count). The van der Waals surface area contributed by atoms with Gasteiger partial charge in [0.25, 0.3) is 5.91 Å². The molecule has 0 saturated carbocycles. The Morgan fingerprint density at radius 3 is 2.59 bits per heavy atom. The van der Waals surface area contributed by atoms with Crippen molar-refractivity contribution in [2.24, 2.45) is 5.41 Å². The van der Waals surface area contributed by atoms with Crippen LogP contribution in [0.15, 0.2) is 16.7 Å². The van der Waals surface area contributed by atoms with Crippen LogP contribution in [0.25, 0.3) is 0 Å². The highest BCUT2D eigenvalue weighted by Gasteiger charge is 2.26. The fourth-order valence-electron chi connectivity index (χ4n) is 1.65. The van der Waals surface area contributed by atoms with Crippen molar-refractivity contribution in [2.75, 3.05) is 6.61 Å². The molecular formula is C13H21NO3. The Hall–Kier alpha value is -1.29. The predicted octanol–water partition coefficient (Wildman–Crippen LogP) is 2.11. The van der Waals surface area contributed by atoms with Crippen molar-refractivity contribution in [3.8, 4) is 0 Å². The van der Waals surface area contributed by atoms with Crippen LogP contribution >= 0.6 is 0 Å². The van der Waals surface area contributed by atoms with Gasteiger partial charge in [0.15, 0.2) is 0 Å². The lowest BCUT2D eigenvalue weighted by Gasteiger charge is -2.30. The first-order chi connectivity index (χ1) is 7.84. The zero-order chi connectivity index (χ0) is 13.1. The average Bonchev–Trinajstić information content (AvgIpc) is 2.62. The summed E-state index contributed by atoms with van der Waals surface area (Å²) in [4.78, 5) is 11.9. The molecule has 1 heterocycles. The molecule has 1 atom stereocenters. The second kappa shape index (κ2) is 5.36. The number of aliphatic hydroxyl groups is 1. The Morgan fingerprint density at radius 2 is 2.18 bits per heavy atom. The Morgan fingerprint density at radius 1 is 1.53 bits per heavy atom. The van der Waals surface area contributed by atoms with Crippen LogP contribution < -0.4 is 5.32 Å². The predicted molar refractivity (Wildman–Crippen MR) is 65.9 cm³/mol. The van der Waals surface area contributed by atoms with Gasteiger partial charge in [0.2, 0.25) is 0 Å². The number of hydrogen-bond donors (Lipinski definition) is 2. The third-order valence-corrected chi connectivity index (χ3v) is 2.76. The summed E-state index contributed by atoms with van der Waals surface area (Å²) in [6, 6.07) is 1.64. The first kappa shape index (κ1) is 13.8. The molecule has 4 nitrogen and oxygen atoms in total. The third kappa shape index (κ3) is 3.89. The minimum absolute atomic E-state index is 0.0600. The van der Waals surface area contributed by atoms with Crippen LogP contribution in [-0.4, -0.2) is 23.7 Å². The zero-order valence-corrected chi connectivity index (χ0v) is 10.9. The van der Waals surface area contributed by atoms with E-state index < -0.39 is 0 Å². The molecule has 96 valence electrons. The van der Waals surface area contributed by atoms with Crippen LogP contribution in [0, 0.1) is 12.3 Å². The Kier molecular flexibility index (Phi) is 4.34. The van der Waals surface area contributed by atoms with Gasteiger partial charge in [-0.3, -0.25) is 4.79 Å².